The number of aromatic nitrogens is 1. The lowest BCUT2D eigenvalue weighted by atomic mass is 10.0. The van der Waals surface area contributed by atoms with Gasteiger partial charge in [-0.15, -0.1) is 11.8 Å². The number of anilines is 1. The third kappa shape index (κ3) is 4.26. The van der Waals surface area contributed by atoms with Gasteiger partial charge >= 0.3 is 0 Å². The number of hydrazone groups is 1. The Kier molecular flexibility index (Phi) is 6.04. The lowest BCUT2D eigenvalue weighted by Gasteiger charge is -2.07. The van der Waals surface area contributed by atoms with Gasteiger partial charge in [0.2, 0.25) is 5.78 Å². The molecule has 0 saturated carbocycles. The maximum absolute atomic E-state index is 13.2. The molecule has 2 aromatic heterocycles. The minimum atomic E-state index is -0.523. The van der Waals surface area contributed by atoms with E-state index in [0.717, 1.165) is 21.5 Å². The molecule has 0 atom stereocenters. The van der Waals surface area contributed by atoms with E-state index in [1.165, 1.54) is 12.1 Å². The minimum Gasteiger partial charge on any atom is -0.313 e. The van der Waals surface area contributed by atoms with Gasteiger partial charge in [-0.05, 0) is 66.8 Å². The third-order valence-corrected chi connectivity index (χ3v) is 5.80. The molecule has 2 aromatic carbocycles. The summed E-state index contributed by atoms with van der Waals surface area (Å²) in [7, 11) is 0. The number of ketones is 1. The summed E-state index contributed by atoms with van der Waals surface area (Å²) in [5.41, 5.74) is 6.00. The molecule has 4 rings (SSSR count). The average molecular weight is 445 g/mol. The maximum Gasteiger partial charge on any atom is 0.294 e. The van der Waals surface area contributed by atoms with Gasteiger partial charge in [-0.1, -0.05) is 18.2 Å². The summed E-state index contributed by atoms with van der Waals surface area (Å²) in [4.78, 5) is 25.5. The molecule has 0 aliphatic heterocycles. The number of carbonyl (C=O) groups excluding carboxylic acids is 1. The first-order chi connectivity index (χ1) is 15.5. The topological polar surface area (TPSA) is 89.0 Å². The number of nitro benzene ring substituents is 1. The molecule has 1 N–H and O–H groups in total. The molecule has 8 heteroatoms. The molecule has 0 aliphatic rings. The van der Waals surface area contributed by atoms with Gasteiger partial charge in [0.05, 0.1) is 16.8 Å². The van der Waals surface area contributed by atoms with Gasteiger partial charge in [0.1, 0.15) is 5.69 Å². The summed E-state index contributed by atoms with van der Waals surface area (Å²) in [5.74, 6) is -0.277. The number of thioether (sulfide) groups is 1. The average Bonchev–Trinajstić information content (AvgIpc) is 3.14. The third-order valence-electron chi connectivity index (χ3n) is 5.06. The lowest BCUT2D eigenvalue weighted by Crippen LogP contribution is -2.08. The van der Waals surface area contributed by atoms with Crippen molar-refractivity contribution in [1.29, 1.82) is 0 Å². The van der Waals surface area contributed by atoms with Crippen LogP contribution < -0.4 is 5.43 Å². The Morgan fingerprint density at radius 3 is 2.62 bits per heavy atom. The fraction of sp³-hybridized carbons (Fsp3) is 0.0833. The van der Waals surface area contributed by atoms with Crippen LogP contribution in [0.15, 0.2) is 82.9 Å². The molecule has 0 radical (unpaired) electrons. The summed E-state index contributed by atoms with van der Waals surface area (Å²) < 4.78 is 1.79. The van der Waals surface area contributed by atoms with E-state index in [0.29, 0.717) is 5.69 Å². The van der Waals surface area contributed by atoms with Gasteiger partial charge in [0, 0.05) is 28.2 Å². The van der Waals surface area contributed by atoms with Crippen LogP contribution in [0.3, 0.4) is 0 Å². The Morgan fingerprint density at radius 2 is 1.91 bits per heavy atom. The maximum atomic E-state index is 13.2. The molecule has 7 nitrogen and oxygen atoms in total. The van der Waals surface area contributed by atoms with Crippen LogP contribution in [0.5, 0.6) is 0 Å². The number of nitro groups is 1. The van der Waals surface area contributed by atoms with Crippen LogP contribution >= 0.6 is 11.8 Å². The summed E-state index contributed by atoms with van der Waals surface area (Å²) in [6.07, 6.45) is 5.39. The Labute approximate surface area is 188 Å². The van der Waals surface area contributed by atoms with Crippen LogP contribution in [0.4, 0.5) is 11.4 Å². The number of nitrogens with one attached hydrogen (secondary N) is 1. The number of hydrogen-bond donors (Lipinski definition) is 1. The van der Waals surface area contributed by atoms with Crippen molar-refractivity contribution in [3.63, 3.8) is 0 Å². The number of aryl methyl sites for hydroxylation is 1. The molecule has 2 heterocycles. The van der Waals surface area contributed by atoms with Crippen molar-refractivity contribution in [3.05, 3.63) is 105 Å². The fourth-order valence-corrected chi connectivity index (χ4v) is 3.88. The number of benzene rings is 2. The predicted molar refractivity (Wildman–Crippen MR) is 128 cm³/mol. The highest BCUT2D eigenvalue weighted by Crippen LogP contribution is 2.28. The van der Waals surface area contributed by atoms with Gasteiger partial charge in [-0.25, -0.2) is 0 Å². The van der Waals surface area contributed by atoms with Gasteiger partial charge < -0.3 is 4.40 Å². The smallest absolute Gasteiger partial charge is 0.294 e. The van der Waals surface area contributed by atoms with E-state index in [4.69, 9.17) is 0 Å². The second-order valence-electron chi connectivity index (χ2n) is 7.13. The standard InChI is InChI=1S/C24H20N4O3S/c1-16-13-19-5-3-4-12-27(19)23(16)24(29)18-8-11-21(22(14-18)28(30)31)26-25-15-17-6-9-20(32-2)10-7-17/h3-15,26H,1-2H3/b25-15+. The quantitative estimate of drug-likeness (QED) is 0.133. The predicted octanol–water partition coefficient (Wildman–Crippen LogP) is 5.55. The van der Waals surface area contributed by atoms with E-state index in [1.807, 2.05) is 61.7 Å². The number of pyridine rings is 1. The monoisotopic (exact) mass is 444 g/mol. The highest BCUT2D eigenvalue weighted by molar-refractivity contribution is 7.98. The number of nitrogens with zero attached hydrogens (tertiary/aromatic N) is 3. The second kappa shape index (κ2) is 9.07. The van der Waals surface area contributed by atoms with Crippen molar-refractivity contribution < 1.29 is 9.72 Å². The lowest BCUT2D eigenvalue weighted by molar-refractivity contribution is -0.384. The van der Waals surface area contributed by atoms with Crippen LogP contribution in [0.2, 0.25) is 0 Å². The molecule has 32 heavy (non-hydrogen) atoms. The molecule has 0 saturated heterocycles. The zero-order chi connectivity index (χ0) is 22.7. The Bertz CT molecular complexity index is 1340. The molecule has 0 amide bonds. The molecule has 0 spiro atoms. The van der Waals surface area contributed by atoms with Crippen molar-refractivity contribution in [3.8, 4) is 0 Å². The van der Waals surface area contributed by atoms with Crippen molar-refractivity contribution in [2.75, 3.05) is 11.7 Å². The summed E-state index contributed by atoms with van der Waals surface area (Å²) in [6.45, 7) is 1.85. The first-order valence-corrected chi connectivity index (χ1v) is 11.0. The number of fused-ring (bicyclic) bond motifs is 1. The van der Waals surface area contributed by atoms with Crippen LogP contribution in [0.25, 0.3) is 5.52 Å². The molecule has 0 fully saturated rings. The van der Waals surface area contributed by atoms with Crippen LogP contribution in [-0.2, 0) is 0 Å². The zero-order valence-electron chi connectivity index (χ0n) is 17.5. The van der Waals surface area contributed by atoms with Gasteiger partial charge in [0.15, 0.2) is 0 Å². The molecule has 0 bridgehead atoms. The van der Waals surface area contributed by atoms with E-state index >= 15 is 0 Å². The Hall–Kier alpha value is -3.91. The molecular weight excluding hydrogens is 424 g/mol. The van der Waals surface area contributed by atoms with Crippen molar-refractivity contribution in [2.24, 2.45) is 5.10 Å². The fourth-order valence-electron chi connectivity index (χ4n) is 3.47. The van der Waals surface area contributed by atoms with Crippen molar-refractivity contribution in [2.45, 2.75) is 11.8 Å². The molecule has 0 unspecified atom stereocenters. The largest absolute Gasteiger partial charge is 0.313 e. The van der Waals surface area contributed by atoms with E-state index < -0.39 is 4.92 Å². The van der Waals surface area contributed by atoms with Gasteiger partial charge in [-0.2, -0.15) is 5.10 Å². The second-order valence-corrected chi connectivity index (χ2v) is 8.01. The Balaban J connectivity index is 1.61. The molecule has 4 aromatic rings. The van der Waals surface area contributed by atoms with Crippen molar-refractivity contribution in [1.82, 2.24) is 4.40 Å². The first kappa shape index (κ1) is 21.3. The van der Waals surface area contributed by atoms with E-state index in [-0.39, 0.29) is 22.7 Å². The van der Waals surface area contributed by atoms with E-state index in [1.54, 1.807) is 34.6 Å². The Morgan fingerprint density at radius 1 is 1.12 bits per heavy atom. The zero-order valence-corrected chi connectivity index (χ0v) is 18.3. The SMILES string of the molecule is CSc1ccc(/C=N/Nc2ccc(C(=O)c3c(C)cc4ccccn34)cc2[N+](=O)[O-])cc1. The van der Waals surface area contributed by atoms with Crippen molar-refractivity contribution >= 4 is 40.7 Å². The van der Waals surface area contributed by atoms with Crippen LogP contribution in [0, 0.1) is 17.0 Å². The summed E-state index contributed by atoms with van der Waals surface area (Å²) in [6, 6.07) is 19.7. The number of carbonyl (C=O) groups is 1. The summed E-state index contributed by atoms with van der Waals surface area (Å²) >= 11 is 1.64. The normalized spacial score (nSPS) is 11.2. The van der Waals surface area contributed by atoms with E-state index in [9.17, 15) is 14.9 Å². The van der Waals surface area contributed by atoms with Crippen LogP contribution in [-0.4, -0.2) is 27.6 Å². The van der Waals surface area contributed by atoms with E-state index in [2.05, 4.69) is 10.5 Å². The number of hydrogen-bond acceptors (Lipinski definition) is 6. The molecule has 160 valence electrons. The van der Waals surface area contributed by atoms with Crippen LogP contribution in [0.1, 0.15) is 27.2 Å². The van der Waals surface area contributed by atoms with Gasteiger partial charge in [0.25, 0.3) is 5.69 Å². The first-order valence-electron chi connectivity index (χ1n) is 9.81. The number of rotatable bonds is 7. The highest BCUT2D eigenvalue weighted by Gasteiger charge is 2.21. The highest BCUT2D eigenvalue weighted by atomic mass is 32.2. The molecular formula is C24H20N4O3S. The molecule has 0 aliphatic carbocycles. The van der Waals surface area contributed by atoms with Gasteiger partial charge in [-0.3, -0.25) is 20.3 Å². The minimum absolute atomic E-state index is 0.209. The summed E-state index contributed by atoms with van der Waals surface area (Å²) in [5, 5.41) is 15.8.